The Labute approximate surface area is 102 Å². The van der Waals surface area contributed by atoms with E-state index in [2.05, 4.69) is 17.9 Å². The molecule has 1 saturated heterocycles. The van der Waals surface area contributed by atoms with Crippen molar-refractivity contribution in [1.29, 1.82) is 0 Å². The number of carbonyl (C=O) groups is 1. The molecule has 1 aliphatic heterocycles. The zero-order valence-corrected chi connectivity index (χ0v) is 10.5. The van der Waals surface area contributed by atoms with Crippen LogP contribution < -0.4 is 5.32 Å². The molecule has 16 heavy (non-hydrogen) atoms. The molecule has 2 fully saturated rings. The number of carboxylic acids is 1. The molecule has 1 heterocycles. The molecule has 1 saturated carbocycles. The van der Waals surface area contributed by atoms with E-state index < -0.39 is 11.4 Å². The molecule has 2 aliphatic rings. The van der Waals surface area contributed by atoms with Gasteiger partial charge in [0.1, 0.15) is 0 Å². The zero-order valence-electron chi connectivity index (χ0n) is 9.61. The van der Waals surface area contributed by atoms with Crippen LogP contribution in [0.4, 0.5) is 0 Å². The molecule has 2 atom stereocenters. The number of nitrogens with one attached hydrogen (secondary N) is 1. The van der Waals surface area contributed by atoms with E-state index in [4.69, 9.17) is 0 Å². The molecule has 92 valence electrons. The average molecular weight is 243 g/mol. The summed E-state index contributed by atoms with van der Waals surface area (Å²) in [5.74, 6) is -0.0476. The maximum absolute atomic E-state index is 11.5. The first-order valence-electron chi connectivity index (χ1n) is 6.27. The van der Waals surface area contributed by atoms with Gasteiger partial charge in [-0.3, -0.25) is 4.79 Å². The summed E-state index contributed by atoms with van der Waals surface area (Å²) in [5, 5.41) is 12.9. The van der Waals surface area contributed by atoms with Crippen LogP contribution in [0.5, 0.6) is 0 Å². The summed E-state index contributed by atoms with van der Waals surface area (Å²) in [5.41, 5.74) is -0.537. The topological polar surface area (TPSA) is 49.3 Å². The van der Waals surface area contributed by atoms with E-state index >= 15 is 0 Å². The molecule has 3 nitrogen and oxygen atoms in total. The standard InChI is InChI=1S/C12H21NO2S/c14-11(15)12(5-1-2-10(12)16)8-9-3-6-13-7-4-9/h9-10,13,16H,1-8H2,(H,14,15). The van der Waals surface area contributed by atoms with Crippen LogP contribution in [-0.2, 0) is 4.79 Å². The fourth-order valence-electron chi connectivity index (χ4n) is 3.23. The van der Waals surface area contributed by atoms with Crippen molar-refractivity contribution in [2.24, 2.45) is 11.3 Å². The third kappa shape index (κ3) is 2.23. The fraction of sp³-hybridized carbons (Fsp3) is 0.917. The van der Waals surface area contributed by atoms with Crippen molar-refractivity contribution >= 4 is 18.6 Å². The van der Waals surface area contributed by atoms with Crippen molar-refractivity contribution in [3.63, 3.8) is 0 Å². The summed E-state index contributed by atoms with van der Waals surface area (Å²) < 4.78 is 0. The quantitative estimate of drug-likeness (QED) is 0.664. The lowest BCUT2D eigenvalue weighted by atomic mass is 9.75. The number of aliphatic carboxylic acids is 1. The van der Waals surface area contributed by atoms with Crippen LogP contribution in [0.1, 0.15) is 38.5 Å². The SMILES string of the molecule is O=C(O)C1(CC2CCNCC2)CCCC1S. The van der Waals surface area contributed by atoms with Crippen LogP contribution in [0, 0.1) is 11.3 Å². The third-order valence-corrected chi connectivity index (χ3v) is 5.03. The molecule has 0 aromatic heterocycles. The largest absolute Gasteiger partial charge is 0.481 e. The molecule has 2 N–H and O–H groups in total. The summed E-state index contributed by atoms with van der Waals surface area (Å²) in [6.45, 7) is 2.08. The van der Waals surface area contributed by atoms with Crippen LogP contribution in [0.15, 0.2) is 0 Å². The van der Waals surface area contributed by atoms with E-state index in [0.29, 0.717) is 5.92 Å². The number of piperidine rings is 1. The number of thiol groups is 1. The third-order valence-electron chi connectivity index (χ3n) is 4.28. The van der Waals surface area contributed by atoms with Crippen molar-refractivity contribution < 1.29 is 9.90 Å². The minimum Gasteiger partial charge on any atom is -0.481 e. The Balaban J connectivity index is 2.05. The van der Waals surface area contributed by atoms with Gasteiger partial charge in [-0.05, 0) is 51.1 Å². The molecule has 0 bridgehead atoms. The van der Waals surface area contributed by atoms with Crippen molar-refractivity contribution in [2.45, 2.75) is 43.8 Å². The van der Waals surface area contributed by atoms with Crippen LogP contribution in [0.25, 0.3) is 0 Å². The van der Waals surface area contributed by atoms with E-state index in [1.165, 1.54) is 0 Å². The minimum absolute atomic E-state index is 0.0554. The van der Waals surface area contributed by atoms with Gasteiger partial charge < -0.3 is 10.4 Å². The Bertz CT molecular complexity index is 266. The molecule has 2 unspecified atom stereocenters. The maximum atomic E-state index is 11.5. The predicted molar refractivity (Wildman–Crippen MR) is 66.9 cm³/mol. The van der Waals surface area contributed by atoms with Crippen molar-refractivity contribution in [3.8, 4) is 0 Å². The first-order valence-corrected chi connectivity index (χ1v) is 6.79. The van der Waals surface area contributed by atoms with E-state index in [0.717, 1.165) is 51.6 Å². The summed E-state index contributed by atoms with van der Waals surface area (Å²) in [6.07, 6.45) is 5.87. The molecule has 2 rings (SSSR count). The van der Waals surface area contributed by atoms with Gasteiger partial charge in [-0.15, -0.1) is 0 Å². The van der Waals surface area contributed by atoms with Crippen molar-refractivity contribution in [1.82, 2.24) is 5.32 Å². The molecule has 4 heteroatoms. The van der Waals surface area contributed by atoms with Crippen LogP contribution in [0.2, 0.25) is 0 Å². The Kier molecular flexibility index (Phi) is 3.80. The molecule has 1 aliphatic carbocycles. The second-order valence-corrected chi connectivity index (χ2v) is 5.89. The van der Waals surface area contributed by atoms with Crippen molar-refractivity contribution in [2.75, 3.05) is 13.1 Å². The van der Waals surface area contributed by atoms with E-state index in [-0.39, 0.29) is 5.25 Å². The van der Waals surface area contributed by atoms with Crippen LogP contribution in [0.3, 0.4) is 0 Å². The summed E-state index contributed by atoms with van der Waals surface area (Å²) in [6, 6.07) is 0. The Morgan fingerprint density at radius 2 is 2.06 bits per heavy atom. The Morgan fingerprint density at radius 1 is 1.38 bits per heavy atom. The lowest BCUT2D eigenvalue weighted by Crippen LogP contribution is -2.40. The number of rotatable bonds is 3. The Morgan fingerprint density at radius 3 is 2.56 bits per heavy atom. The van der Waals surface area contributed by atoms with Gasteiger partial charge in [-0.1, -0.05) is 6.42 Å². The zero-order chi connectivity index (χ0) is 11.6. The lowest BCUT2D eigenvalue weighted by Gasteiger charge is -2.34. The first kappa shape index (κ1) is 12.2. The van der Waals surface area contributed by atoms with Crippen molar-refractivity contribution in [3.05, 3.63) is 0 Å². The average Bonchev–Trinajstić information content (AvgIpc) is 2.63. The van der Waals surface area contributed by atoms with Gasteiger partial charge in [0.2, 0.25) is 0 Å². The highest BCUT2D eigenvalue weighted by atomic mass is 32.1. The fourth-order valence-corrected chi connectivity index (χ4v) is 3.76. The molecular weight excluding hydrogens is 222 g/mol. The monoisotopic (exact) mass is 243 g/mol. The molecule has 0 aromatic rings. The maximum Gasteiger partial charge on any atom is 0.310 e. The second kappa shape index (κ2) is 4.96. The van der Waals surface area contributed by atoms with Crippen LogP contribution >= 0.6 is 12.6 Å². The molecule has 0 amide bonds. The van der Waals surface area contributed by atoms with E-state index in [1.807, 2.05) is 0 Å². The molecule has 0 spiro atoms. The highest BCUT2D eigenvalue weighted by molar-refractivity contribution is 7.81. The second-order valence-electron chi connectivity index (χ2n) is 5.27. The summed E-state index contributed by atoms with van der Waals surface area (Å²) in [7, 11) is 0. The molecule has 0 radical (unpaired) electrons. The normalized spacial score (nSPS) is 36.4. The first-order chi connectivity index (χ1) is 7.65. The molecule has 0 aromatic carbocycles. The van der Waals surface area contributed by atoms with Gasteiger partial charge in [-0.25, -0.2) is 0 Å². The number of carboxylic acid groups (broad SMARTS) is 1. The van der Waals surface area contributed by atoms with Gasteiger partial charge >= 0.3 is 5.97 Å². The van der Waals surface area contributed by atoms with E-state index in [9.17, 15) is 9.90 Å². The van der Waals surface area contributed by atoms with Crippen LogP contribution in [-0.4, -0.2) is 29.4 Å². The van der Waals surface area contributed by atoms with Gasteiger partial charge in [0.05, 0.1) is 5.41 Å². The highest BCUT2D eigenvalue weighted by Gasteiger charge is 2.48. The van der Waals surface area contributed by atoms with Gasteiger partial charge in [0, 0.05) is 5.25 Å². The smallest absolute Gasteiger partial charge is 0.310 e. The summed E-state index contributed by atoms with van der Waals surface area (Å²) in [4.78, 5) is 11.5. The number of hydrogen-bond donors (Lipinski definition) is 3. The lowest BCUT2D eigenvalue weighted by molar-refractivity contribution is -0.149. The summed E-state index contributed by atoms with van der Waals surface area (Å²) >= 11 is 4.52. The van der Waals surface area contributed by atoms with E-state index in [1.54, 1.807) is 0 Å². The molecular formula is C12H21NO2S. The van der Waals surface area contributed by atoms with Gasteiger partial charge in [0.15, 0.2) is 0 Å². The Hall–Kier alpha value is -0.220. The number of hydrogen-bond acceptors (Lipinski definition) is 3. The minimum atomic E-state index is -0.622. The van der Waals surface area contributed by atoms with Gasteiger partial charge in [0.25, 0.3) is 0 Å². The predicted octanol–water partition coefficient (Wildman–Crippen LogP) is 1.93. The van der Waals surface area contributed by atoms with Gasteiger partial charge in [-0.2, -0.15) is 12.6 Å². The highest BCUT2D eigenvalue weighted by Crippen LogP contribution is 2.47.